The van der Waals surface area contributed by atoms with Crippen LogP contribution in [0.3, 0.4) is 0 Å². The molecular weight excluding hydrogens is 212 g/mol. The van der Waals surface area contributed by atoms with Gasteiger partial charge in [-0.2, -0.15) is 0 Å². The fraction of sp³-hybridized carbons (Fsp3) is 0.929. The second-order valence-electron chi connectivity index (χ2n) is 5.39. The maximum atomic E-state index is 11.6. The molecule has 0 fully saturated rings. The van der Waals surface area contributed by atoms with Crippen LogP contribution < -0.4 is 11.1 Å². The summed E-state index contributed by atoms with van der Waals surface area (Å²) in [5.74, 6) is 0.952. The standard InChI is InChI=1S/C14H30N2O/c1-12(2)8-7-9-13(3)16-14(17)10-5-4-6-11-15/h12-13H,4-11,15H2,1-3H3,(H,16,17). The molecule has 102 valence electrons. The van der Waals surface area contributed by atoms with Gasteiger partial charge in [0.05, 0.1) is 0 Å². The first-order chi connectivity index (χ1) is 8.06. The lowest BCUT2D eigenvalue weighted by Crippen LogP contribution is -2.32. The largest absolute Gasteiger partial charge is 0.354 e. The normalized spacial score (nSPS) is 12.8. The van der Waals surface area contributed by atoms with Crippen LogP contribution in [0.5, 0.6) is 0 Å². The second-order valence-corrected chi connectivity index (χ2v) is 5.39. The number of hydrogen-bond donors (Lipinski definition) is 2. The Hall–Kier alpha value is -0.570. The maximum absolute atomic E-state index is 11.6. The summed E-state index contributed by atoms with van der Waals surface area (Å²) in [5.41, 5.74) is 5.40. The Labute approximate surface area is 107 Å². The molecule has 0 saturated carbocycles. The highest BCUT2D eigenvalue weighted by Gasteiger charge is 2.07. The smallest absolute Gasteiger partial charge is 0.220 e. The number of hydrogen-bond acceptors (Lipinski definition) is 2. The van der Waals surface area contributed by atoms with Gasteiger partial charge in [-0.25, -0.2) is 0 Å². The molecule has 0 aromatic heterocycles. The summed E-state index contributed by atoms with van der Waals surface area (Å²) < 4.78 is 0. The van der Waals surface area contributed by atoms with Crippen molar-refractivity contribution >= 4 is 5.91 Å². The molecule has 0 heterocycles. The van der Waals surface area contributed by atoms with Gasteiger partial charge in [-0.05, 0) is 38.6 Å². The van der Waals surface area contributed by atoms with Crippen LogP contribution in [0.1, 0.15) is 65.7 Å². The number of amides is 1. The lowest BCUT2D eigenvalue weighted by Gasteiger charge is -2.14. The minimum Gasteiger partial charge on any atom is -0.354 e. The summed E-state index contributed by atoms with van der Waals surface area (Å²) in [6, 6.07) is 0.316. The third kappa shape index (κ3) is 11.7. The predicted molar refractivity (Wildman–Crippen MR) is 73.8 cm³/mol. The topological polar surface area (TPSA) is 55.1 Å². The third-order valence-corrected chi connectivity index (χ3v) is 2.93. The molecule has 1 atom stereocenters. The molecule has 1 amide bonds. The Balaban J connectivity index is 3.45. The predicted octanol–water partition coefficient (Wildman–Crippen LogP) is 2.84. The van der Waals surface area contributed by atoms with Gasteiger partial charge in [-0.1, -0.05) is 33.1 Å². The van der Waals surface area contributed by atoms with Crippen LogP contribution in [0, 0.1) is 5.92 Å². The average molecular weight is 242 g/mol. The van der Waals surface area contributed by atoms with Gasteiger partial charge in [0.15, 0.2) is 0 Å². The molecule has 0 radical (unpaired) electrons. The van der Waals surface area contributed by atoms with Crippen molar-refractivity contribution in [2.24, 2.45) is 11.7 Å². The number of rotatable bonds is 10. The fourth-order valence-corrected chi connectivity index (χ4v) is 1.86. The monoisotopic (exact) mass is 242 g/mol. The lowest BCUT2D eigenvalue weighted by molar-refractivity contribution is -0.121. The van der Waals surface area contributed by atoms with E-state index in [2.05, 4.69) is 26.1 Å². The van der Waals surface area contributed by atoms with Gasteiger partial charge in [0, 0.05) is 12.5 Å². The maximum Gasteiger partial charge on any atom is 0.220 e. The highest BCUT2D eigenvalue weighted by atomic mass is 16.1. The van der Waals surface area contributed by atoms with Crippen molar-refractivity contribution < 1.29 is 4.79 Å². The quantitative estimate of drug-likeness (QED) is 0.579. The lowest BCUT2D eigenvalue weighted by atomic mass is 10.0. The van der Waals surface area contributed by atoms with E-state index in [1.807, 2.05) is 0 Å². The molecule has 3 heteroatoms. The van der Waals surface area contributed by atoms with Crippen molar-refractivity contribution in [2.75, 3.05) is 6.54 Å². The van der Waals surface area contributed by atoms with Crippen LogP contribution in [-0.4, -0.2) is 18.5 Å². The van der Waals surface area contributed by atoms with Crippen molar-refractivity contribution in [1.82, 2.24) is 5.32 Å². The molecule has 0 rings (SSSR count). The Kier molecular flexibility index (Phi) is 10.2. The van der Waals surface area contributed by atoms with Gasteiger partial charge in [0.2, 0.25) is 5.91 Å². The SMILES string of the molecule is CC(C)CCCC(C)NC(=O)CCCCCN. The molecule has 3 nitrogen and oxygen atoms in total. The summed E-state index contributed by atoms with van der Waals surface area (Å²) in [7, 11) is 0. The van der Waals surface area contributed by atoms with Gasteiger partial charge >= 0.3 is 0 Å². The van der Waals surface area contributed by atoms with Crippen molar-refractivity contribution in [2.45, 2.75) is 71.8 Å². The minimum absolute atomic E-state index is 0.194. The average Bonchev–Trinajstić information content (AvgIpc) is 2.23. The van der Waals surface area contributed by atoms with E-state index in [0.717, 1.165) is 38.1 Å². The van der Waals surface area contributed by atoms with Crippen LogP contribution in [0.4, 0.5) is 0 Å². The number of unbranched alkanes of at least 4 members (excludes halogenated alkanes) is 2. The van der Waals surface area contributed by atoms with Crippen molar-refractivity contribution in [3.05, 3.63) is 0 Å². The van der Waals surface area contributed by atoms with E-state index < -0.39 is 0 Å². The van der Waals surface area contributed by atoms with Crippen LogP contribution in [-0.2, 0) is 4.79 Å². The Morgan fingerprint density at radius 2 is 1.76 bits per heavy atom. The van der Waals surface area contributed by atoms with E-state index in [0.29, 0.717) is 12.5 Å². The number of carbonyl (C=O) groups excluding carboxylic acids is 1. The Morgan fingerprint density at radius 3 is 2.35 bits per heavy atom. The van der Waals surface area contributed by atoms with E-state index in [-0.39, 0.29) is 5.91 Å². The first-order valence-corrected chi connectivity index (χ1v) is 7.05. The molecule has 3 N–H and O–H groups in total. The molecule has 0 saturated heterocycles. The zero-order valence-corrected chi connectivity index (χ0v) is 11.8. The summed E-state index contributed by atoms with van der Waals surface area (Å²) in [6.07, 6.45) is 7.23. The molecule has 0 spiro atoms. The molecule has 0 aliphatic rings. The zero-order chi connectivity index (χ0) is 13.1. The summed E-state index contributed by atoms with van der Waals surface area (Å²) in [5, 5.41) is 3.06. The molecular formula is C14H30N2O. The fourth-order valence-electron chi connectivity index (χ4n) is 1.86. The minimum atomic E-state index is 0.194. The van der Waals surface area contributed by atoms with E-state index >= 15 is 0 Å². The van der Waals surface area contributed by atoms with Gasteiger partial charge in [0.25, 0.3) is 0 Å². The first-order valence-electron chi connectivity index (χ1n) is 7.05. The van der Waals surface area contributed by atoms with Crippen LogP contribution in [0.25, 0.3) is 0 Å². The summed E-state index contributed by atoms with van der Waals surface area (Å²) in [4.78, 5) is 11.6. The summed E-state index contributed by atoms with van der Waals surface area (Å²) in [6.45, 7) is 7.30. The molecule has 0 aromatic carbocycles. The zero-order valence-electron chi connectivity index (χ0n) is 11.8. The van der Waals surface area contributed by atoms with Crippen molar-refractivity contribution in [3.8, 4) is 0 Å². The molecule has 0 aliphatic carbocycles. The molecule has 0 aromatic rings. The van der Waals surface area contributed by atoms with Gasteiger partial charge in [-0.15, -0.1) is 0 Å². The van der Waals surface area contributed by atoms with Gasteiger partial charge in [0.1, 0.15) is 0 Å². The van der Waals surface area contributed by atoms with Crippen LogP contribution in [0.2, 0.25) is 0 Å². The number of carbonyl (C=O) groups is 1. The van der Waals surface area contributed by atoms with Crippen LogP contribution in [0.15, 0.2) is 0 Å². The Bertz CT molecular complexity index is 193. The summed E-state index contributed by atoms with van der Waals surface area (Å²) >= 11 is 0. The van der Waals surface area contributed by atoms with E-state index in [1.165, 1.54) is 12.8 Å². The van der Waals surface area contributed by atoms with Crippen molar-refractivity contribution in [3.63, 3.8) is 0 Å². The number of nitrogens with one attached hydrogen (secondary N) is 1. The van der Waals surface area contributed by atoms with Gasteiger partial charge < -0.3 is 11.1 Å². The molecule has 0 aliphatic heterocycles. The van der Waals surface area contributed by atoms with E-state index in [9.17, 15) is 4.79 Å². The van der Waals surface area contributed by atoms with E-state index in [1.54, 1.807) is 0 Å². The highest BCUT2D eigenvalue weighted by Crippen LogP contribution is 2.08. The number of nitrogens with two attached hydrogens (primary N) is 1. The van der Waals surface area contributed by atoms with E-state index in [4.69, 9.17) is 5.73 Å². The van der Waals surface area contributed by atoms with Crippen LogP contribution >= 0.6 is 0 Å². The highest BCUT2D eigenvalue weighted by molar-refractivity contribution is 5.76. The molecule has 17 heavy (non-hydrogen) atoms. The third-order valence-electron chi connectivity index (χ3n) is 2.93. The molecule has 1 unspecified atom stereocenters. The second kappa shape index (κ2) is 10.6. The van der Waals surface area contributed by atoms with Crippen molar-refractivity contribution in [1.29, 1.82) is 0 Å². The Morgan fingerprint density at radius 1 is 1.06 bits per heavy atom. The van der Waals surface area contributed by atoms with Gasteiger partial charge in [-0.3, -0.25) is 4.79 Å². The first kappa shape index (κ1) is 16.4. The molecule has 0 bridgehead atoms.